The van der Waals surface area contributed by atoms with Crippen LogP contribution in [0.4, 0.5) is 11.4 Å². The van der Waals surface area contributed by atoms with Gasteiger partial charge in [-0.15, -0.1) is 0 Å². The first-order chi connectivity index (χ1) is 10.7. The third kappa shape index (κ3) is 3.89. The van der Waals surface area contributed by atoms with E-state index in [4.69, 9.17) is 4.74 Å². The van der Waals surface area contributed by atoms with Crippen molar-refractivity contribution in [1.82, 2.24) is 0 Å². The lowest BCUT2D eigenvalue weighted by Gasteiger charge is -2.34. The SMILES string of the molecule is CCOCC(CC)N(c1ccccc1)c1ccc(C)cc1C. The Kier molecular flexibility index (Phi) is 6.02. The van der Waals surface area contributed by atoms with Crippen molar-refractivity contribution in [3.63, 3.8) is 0 Å². The van der Waals surface area contributed by atoms with E-state index in [-0.39, 0.29) is 0 Å². The highest BCUT2D eigenvalue weighted by Gasteiger charge is 2.20. The molecule has 2 heteroatoms. The maximum atomic E-state index is 5.73. The molecule has 22 heavy (non-hydrogen) atoms. The summed E-state index contributed by atoms with van der Waals surface area (Å²) in [7, 11) is 0. The van der Waals surface area contributed by atoms with Gasteiger partial charge in [0.05, 0.1) is 12.6 Å². The molecule has 0 spiro atoms. The van der Waals surface area contributed by atoms with E-state index in [0.29, 0.717) is 6.04 Å². The number of anilines is 2. The van der Waals surface area contributed by atoms with E-state index in [9.17, 15) is 0 Å². The number of nitrogens with zero attached hydrogens (tertiary/aromatic N) is 1. The van der Waals surface area contributed by atoms with E-state index in [1.165, 1.54) is 22.5 Å². The molecule has 0 heterocycles. The largest absolute Gasteiger partial charge is 0.380 e. The van der Waals surface area contributed by atoms with Crippen LogP contribution in [0.2, 0.25) is 0 Å². The molecule has 0 aliphatic rings. The molecular formula is C20H27NO. The minimum atomic E-state index is 0.337. The van der Waals surface area contributed by atoms with Crippen LogP contribution in [0.25, 0.3) is 0 Å². The van der Waals surface area contributed by atoms with Gasteiger partial charge in [-0.2, -0.15) is 0 Å². The van der Waals surface area contributed by atoms with Crippen molar-refractivity contribution in [1.29, 1.82) is 0 Å². The minimum absolute atomic E-state index is 0.337. The van der Waals surface area contributed by atoms with Crippen LogP contribution in [0.1, 0.15) is 31.4 Å². The van der Waals surface area contributed by atoms with Crippen LogP contribution >= 0.6 is 0 Å². The molecule has 118 valence electrons. The molecule has 2 rings (SSSR count). The Hall–Kier alpha value is -1.80. The predicted molar refractivity (Wildman–Crippen MR) is 95.1 cm³/mol. The van der Waals surface area contributed by atoms with Crippen LogP contribution in [0.5, 0.6) is 0 Å². The van der Waals surface area contributed by atoms with Crippen molar-refractivity contribution in [3.8, 4) is 0 Å². The lowest BCUT2D eigenvalue weighted by molar-refractivity contribution is 0.132. The first-order valence-corrected chi connectivity index (χ1v) is 8.16. The molecule has 0 aliphatic carbocycles. The molecule has 0 saturated heterocycles. The van der Waals surface area contributed by atoms with Crippen LogP contribution < -0.4 is 4.90 Å². The third-order valence-corrected chi connectivity index (χ3v) is 4.00. The molecule has 1 atom stereocenters. The molecule has 0 fully saturated rings. The zero-order chi connectivity index (χ0) is 15.9. The van der Waals surface area contributed by atoms with Gasteiger partial charge in [0.2, 0.25) is 0 Å². The molecule has 0 aromatic heterocycles. The van der Waals surface area contributed by atoms with Gasteiger partial charge >= 0.3 is 0 Å². The van der Waals surface area contributed by atoms with Gasteiger partial charge in [-0.25, -0.2) is 0 Å². The highest BCUT2D eigenvalue weighted by Crippen LogP contribution is 2.32. The van der Waals surface area contributed by atoms with Gasteiger partial charge in [0.15, 0.2) is 0 Å². The Labute approximate surface area is 134 Å². The van der Waals surface area contributed by atoms with Crippen molar-refractivity contribution in [2.75, 3.05) is 18.1 Å². The van der Waals surface area contributed by atoms with Gasteiger partial charge in [-0.3, -0.25) is 0 Å². The first kappa shape index (κ1) is 16.6. The summed E-state index contributed by atoms with van der Waals surface area (Å²) in [5.41, 5.74) is 5.09. The Bertz CT molecular complexity index is 580. The van der Waals surface area contributed by atoms with Crippen LogP contribution in [0.3, 0.4) is 0 Å². The fraction of sp³-hybridized carbons (Fsp3) is 0.400. The number of rotatable bonds is 7. The molecule has 0 radical (unpaired) electrons. The maximum Gasteiger partial charge on any atom is 0.0673 e. The lowest BCUT2D eigenvalue weighted by atomic mass is 10.1. The molecule has 0 saturated carbocycles. The number of ether oxygens (including phenoxy) is 1. The van der Waals surface area contributed by atoms with E-state index in [1.807, 2.05) is 0 Å². The van der Waals surface area contributed by atoms with Crippen LogP contribution in [-0.2, 0) is 4.74 Å². The van der Waals surface area contributed by atoms with E-state index < -0.39 is 0 Å². The van der Waals surface area contributed by atoms with Gasteiger partial charge in [0, 0.05) is 18.0 Å². The van der Waals surface area contributed by atoms with Gasteiger partial charge in [-0.1, -0.05) is 42.8 Å². The lowest BCUT2D eigenvalue weighted by Crippen LogP contribution is -2.35. The smallest absolute Gasteiger partial charge is 0.0673 e. The van der Waals surface area contributed by atoms with E-state index in [2.05, 4.69) is 81.1 Å². The molecule has 2 aromatic carbocycles. The van der Waals surface area contributed by atoms with Crippen LogP contribution in [-0.4, -0.2) is 19.3 Å². The number of hydrogen-bond donors (Lipinski definition) is 0. The zero-order valence-corrected chi connectivity index (χ0v) is 14.2. The molecule has 2 aromatic rings. The van der Waals surface area contributed by atoms with Crippen molar-refractivity contribution in [2.24, 2.45) is 0 Å². The Morgan fingerprint density at radius 2 is 1.73 bits per heavy atom. The highest BCUT2D eigenvalue weighted by atomic mass is 16.5. The predicted octanol–water partition coefficient (Wildman–Crippen LogP) is 5.26. The van der Waals surface area contributed by atoms with E-state index >= 15 is 0 Å². The summed E-state index contributed by atoms with van der Waals surface area (Å²) in [6.45, 7) is 10.1. The number of hydrogen-bond acceptors (Lipinski definition) is 2. The fourth-order valence-corrected chi connectivity index (χ4v) is 2.84. The standard InChI is InChI=1S/C20H27NO/c1-5-18(15-22-6-2)21(19-10-8-7-9-11-19)20-13-12-16(3)14-17(20)4/h7-14,18H,5-6,15H2,1-4H3. The van der Waals surface area contributed by atoms with Crippen molar-refractivity contribution >= 4 is 11.4 Å². The van der Waals surface area contributed by atoms with E-state index in [1.54, 1.807) is 0 Å². The molecule has 1 unspecified atom stereocenters. The summed E-state index contributed by atoms with van der Waals surface area (Å²) in [6, 6.07) is 17.6. The van der Waals surface area contributed by atoms with Crippen LogP contribution in [0.15, 0.2) is 48.5 Å². The summed E-state index contributed by atoms with van der Waals surface area (Å²) in [5, 5.41) is 0. The van der Waals surface area contributed by atoms with E-state index in [0.717, 1.165) is 19.6 Å². The summed E-state index contributed by atoms with van der Waals surface area (Å²) in [5.74, 6) is 0. The topological polar surface area (TPSA) is 12.5 Å². The maximum absolute atomic E-state index is 5.73. The van der Waals surface area contributed by atoms with Gasteiger partial charge in [0.25, 0.3) is 0 Å². The fourth-order valence-electron chi connectivity index (χ4n) is 2.84. The first-order valence-electron chi connectivity index (χ1n) is 8.16. The molecule has 0 amide bonds. The Balaban J connectivity index is 2.44. The summed E-state index contributed by atoms with van der Waals surface area (Å²) in [4.78, 5) is 2.42. The molecular weight excluding hydrogens is 270 g/mol. The molecule has 2 nitrogen and oxygen atoms in total. The van der Waals surface area contributed by atoms with Gasteiger partial charge in [0.1, 0.15) is 0 Å². The van der Waals surface area contributed by atoms with Crippen molar-refractivity contribution in [3.05, 3.63) is 59.7 Å². The average molecular weight is 297 g/mol. The van der Waals surface area contributed by atoms with Gasteiger partial charge in [-0.05, 0) is 51.0 Å². The second-order valence-corrected chi connectivity index (χ2v) is 5.72. The molecule has 0 aliphatic heterocycles. The number of para-hydroxylation sites is 1. The minimum Gasteiger partial charge on any atom is -0.380 e. The average Bonchev–Trinajstić information content (AvgIpc) is 2.53. The zero-order valence-electron chi connectivity index (χ0n) is 14.2. The quantitative estimate of drug-likeness (QED) is 0.691. The second-order valence-electron chi connectivity index (χ2n) is 5.72. The van der Waals surface area contributed by atoms with Crippen molar-refractivity contribution in [2.45, 2.75) is 40.2 Å². The molecule has 0 bridgehead atoms. The molecule has 0 N–H and O–H groups in total. The number of benzene rings is 2. The highest BCUT2D eigenvalue weighted by molar-refractivity contribution is 5.67. The summed E-state index contributed by atoms with van der Waals surface area (Å²) in [6.07, 6.45) is 1.04. The summed E-state index contributed by atoms with van der Waals surface area (Å²) < 4.78 is 5.73. The van der Waals surface area contributed by atoms with Crippen molar-refractivity contribution < 1.29 is 4.74 Å². The normalized spacial score (nSPS) is 12.2. The summed E-state index contributed by atoms with van der Waals surface area (Å²) >= 11 is 0. The Morgan fingerprint density at radius 3 is 2.32 bits per heavy atom. The third-order valence-electron chi connectivity index (χ3n) is 4.00. The monoisotopic (exact) mass is 297 g/mol. The van der Waals surface area contributed by atoms with Gasteiger partial charge < -0.3 is 9.64 Å². The second kappa shape index (κ2) is 8.00. The Morgan fingerprint density at radius 1 is 1.00 bits per heavy atom. The number of aryl methyl sites for hydroxylation is 2. The van der Waals surface area contributed by atoms with Crippen LogP contribution in [0, 0.1) is 13.8 Å².